The van der Waals surface area contributed by atoms with Crippen molar-refractivity contribution in [2.75, 3.05) is 26.6 Å². The second-order valence-corrected chi connectivity index (χ2v) is 7.40. The Morgan fingerprint density at radius 1 is 1.06 bits per heavy atom. The topological polar surface area (TPSA) is 186 Å². The first-order valence-electron chi connectivity index (χ1n) is 8.83. The lowest BCUT2D eigenvalue weighted by atomic mass is 10.5. The Morgan fingerprint density at radius 2 is 1.76 bits per heavy atom. The number of anilines is 1. The molecule has 15 nitrogen and oxygen atoms in total. The van der Waals surface area contributed by atoms with Crippen LogP contribution in [0.3, 0.4) is 0 Å². The van der Waals surface area contributed by atoms with Crippen LogP contribution >= 0.6 is 0 Å². The number of carbonyl (C=O) groups is 2. The molecule has 0 saturated carbocycles. The van der Waals surface area contributed by atoms with Gasteiger partial charge in [0.2, 0.25) is 22.7 Å². The Hall–Kier alpha value is -4.47. The number of nitrogens with one attached hydrogen (secondary N) is 2. The Bertz CT molecular complexity index is 1240. The molecule has 0 saturated heterocycles. The molecule has 2 N–H and O–H groups in total. The monoisotopic (exact) mass is 479 g/mol. The molecule has 2 amide bonds. The van der Waals surface area contributed by atoms with Crippen LogP contribution in [-0.2, 0) is 14.8 Å². The fourth-order valence-corrected chi connectivity index (χ4v) is 3.50. The van der Waals surface area contributed by atoms with Crippen LogP contribution in [0, 0.1) is 0 Å². The number of pyridine rings is 1. The van der Waals surface area contributed by atoms with E-state index in [2.05, 4.69) is 30.1 Å². The standard InChI is InChI=1S/C17H17N7O8S/c1-29-12-8-13(30-2)21-15(20-12)22-16(25)23-33(27,28)14-10(32-17(26)31-3)9-19-24(14)11-6-4-5-7-18-11/h4-9H,1-3H3,(H2,20,21,22,23,25). The minimum absolute atomic E-state index is 0.0574. The van der Waals surface area contributed by atoms with Gasteiger partial charge in [0.1, 0.15) is 0 Å². The lowest BCUT2D eigenvalue weighted by molar-refractivity contribution is 0.120. The van der Waals surface area contributed by atoms with Gasteiger partial charge in [0.25, 0.3) is 10.0 Å². The largest absolute Gasteiger partial charge is 0.513 e. The van der Waals surface area contributed by atoms with Gasteiger partial charge >= 0.3 is 12.2 Å². The Balaban J connectivity index is 1.94. The van der Waals surface area contributed by atoms with Crippen LogP contribution < -0.4 is 24.2 Å². The number of urea groups is 1. The Morgan fingerprint density at radius 3 is 2.33 bits per heavy atom. The minimum atomic E-state index is -4.68. The maximum atomic E-state index is 13.0. The number of sulfonamides is 1. The van der Waals surface area contributed by atoms with Crippen molar-refractivity contribution < 1.29 is 37.0 Å². The van der Waals surface area contributed by atoms with Crippen molar-refractivity contribution in [1.82, 2.24) is 29.5 Å². The number of ether oxygens (including phenoxy) is 4. The van der Waals surface area contributed by atoms with Gasteiger partial charge in [-0.05, 0) is 12.1 Å². The van der Waals surface area contributed by atoms with Gasteiger partial charge < -0.3 is 18.9 Å². The average Bonchev–Trinajstić information content (AvgIpc) is 3.23. The van der Waals surface area contributed by atoms with Gasteiger partial charge in [-0.3, -0.25) is 5.32 Å². The van der Waals surface area contributed by atoms with Crippen LogP contribution in [0.4, 0.5) is 15.5 Å². The fourth-order valence-electron chi connectivity index (χ4n) is 2.38. The molecule has 0 aliphatic heterocycles. The van der Waals surface area contributed by atoms with Crippen LogP contribution in [0.15, 0.2) is 41.7 Å². The van der Waals surface area contributed by atoms with Crippen molar-refractivity contribution >= 4 is 28.2 Å². The SMILES string of the molecule is COC(=O)Oc1cnn(-c2ccccn2)c1S(=O)(=O)NC(=O)Nc1nc(OC)cc(OC)n1. The Labute approximate surface area is 186 Å². The van der Waals surface area contributed by atoms with E-state index in [4.69, 9.17) is 14.2 Å². The molecule has 174 valence electrons. The van der Waals surface area contributed by atoms with Gasteiger partial charge in [-0.15, -0.1) is 0 Å². The van der Waals surface area contributed by atoms with E-state index in [-0.39, 0.29) is 23.5 Å². The molecule has 3 aromatic heterocycles. The van der Waals surface area contributed by atoms with Crippen LogP contribution in [0.2, 0.25) is 0 Å². The second kappa shape index (κ2) is 9.77. The fraction of sp³-hybridized carbons (Fsp3) is 0.176. The van der Waals surface area contributed by atoms with Crippen molar-refractivity contribution in [2.24, 2.45) is 0 Å². The molecule has 0 unspecified atom stereocenters. The zero-order valence-electron chi connectivity index (χ0n) is 17.4. The van der Waals surface area contributed by atoms with Crippen LogP contribution in [-0.4, -0.2) is 66.7 Å². The van der Waals surface area contributed by atoms with E-state index in [1.165, 1.54) is 32.5 Å². The molecule has 0 atom stereocenters. The summed E-state index contributed by atoms with van der Waals surface area (Å²) < 4.78 is 47.9. The van der Waals surface area contributed by atoms with E-state index in [9.17, 15) is 18.0 Å². The molecule has 16 heteroatoms. The maximum absolute atomic E-state index is 13.0. The van der Waals surface area contributed by atoms with Crippen molar-refractivity contribution in [1.29, 1.82) is 0 Å². The third-order valence-corrected chi connectivity index (χ3v) is 5.06. The molecule has 33 heavy (non-hydrogen) atoms. The van der Waals surface area contributed by atoms with Gasteiger partial charge in [-0.2, -0.15) is 28.2 Å². The first kappa shape index (κ1) is 23.2. The highest BCUT2D eigenvalue weighted by molar-refractivity contribution is 7.90. The van der Waals surface area contributed by atoms with Gasteiger partial charge in [-0.1, -0.05) is 6.07 Å². The quantitative estimate of drug-likeness (QED) is 0.453. The van der Waals surface area contributed by atoms with Crippen molar-refractivity contribution in [3.8, 4) is 23.3 Å². The number of hydrogen-bond acceptors (Lipinski definition) is 12. The summed E-state index contributed by atoms with van der Waals surface area (Å²) in [5.41, 5.74) is 0. The number of carbonyl (C=O) groups excluding carboxylic acids is 2. The summed E-state index contributed by atoms with van der Waals surface area (Å²) in [5.74, 6) is -0.627. The molecule has 0 bridgehead atoms. The van der Waals surface area contributed by atoms with E-state index in [1.807, 2.05) is 0 Å². The van der Waals surface area contributed by atoms with Gasteiger partial charge in [0.15, 0.2) is 11.6 Å². The predicted molar refractivity (Wildman–Crippen MR) is 109 cm³/mol. The third-order valence-electron chi connectivity index (χ3n) is 3.72. The molecular formula is C17H17N7O8S. The van der Waals surface area contributed by atoms with E-state index in [1.54, 1.807) is 16.9 Å². The first-order chi connectivity index (χ1) is 15.8. The summed E-state index contributed by atoms with van der Waals surface area (Å²) in [7, 11) is -0.986. The van der Waals surface area contributed by atoms with Crippen LogP contribution in [0.1, 0.15) is 0 Å². The second-order valence-electron chi connectivity index (χ2n) is 5.81. The van der Waals surface area contributed by atoms with E-state index >= 15 is 0 Å². The van der Waals surface area contributed by atoms with Crippen molar-refractivity contribution in [2.45, 2.75) is 5.03 Å². The lowest BCUT2D eigenvalue weighted by Gasteiger charge is -2.11. The maximum Gasteiger partial charge on any atom is 0.513 e. The summed E-state index contributed by atoms with van der Waals surface area (Å²) in [6.07, 6.45) is 1.14. The van der Waals surface area contributed by atoms with Crippen LogP contribution in [0.25, 0.3) is 5.82 Å². The molecule has 0 aliphatic rings. The smallest absolute Gasteiger partial charge is 0.481 e. The van der Waals surface area contributed by atoms with Gasteiger partial charge in [-0.25, -0.2) is 19.3 Å². The molecule has 0 spiro atoms. The number of amides is 2. The molecular weight excluding hydrogens is 462 g/mol. The molecule has 0 radical (unpaired) electrons. The molecule has 3 heterocycles. The van der Waals surface area contributed by atoms with E-state index < -0.39 is 33.0 Å². The van der Waals surface area contributed by atoms with Gasteiger partial charge in [0.05, 0.1) is 33.6 Å². The molecule has 0 fully saturated rings. The summed E-state index contributed by atoms with van der Waals surface area (Å²) in [4.78, 5) is 35.7. The molecule has 0 aliphatic carbocycles. The third kappa shape index (κ3) is 5.42. The summed E-state index contributed by atoms with van der Waals surface area (Å²) in [6, 6.07) is 4.74. The highest BCUT2D eigenvalue weighted by Gasteiger charge is 2.31. The van der Waals surface area contributed by atoms with E-state index in [0.29, 0.717) is 0 Å². The highest BCUT2D eigenvalue weighted by atomic mass is 32.2. The number of rotatable bonds is 7. The Kier molecular flexibility index (Phi) is 6.87. The number of aromatic nitrogens is 5. The van der Waals surface area contributed by atoms with Crippen molar-refractivity contribution in [3.63, 3.8) is 0 Å². The first-order valence-corrected chi connectivity index (χ1v) is 10.3. The molecule has 0 aromatic carbocycles. The molecule has 3 aromatic rings. The average molecular weight is 479 g/mol. The van der Waals surface area contributed by atoms with E-state index in [0.717, 1.165) is 18.0 Å². The predicted octanol–water partition coefficient (Wildman–Crippen LogP) is 0.730. The summed E-state index contributed by atoms with van der Waals surface area (Å²) >= 11 is 0. The minimum Gasteiger partial charge on any atom is -0.481 e. The summed E-state index contributed by atoms with van der Waals surface area (Å²) in [5, 5.41) is 5.35. The number of methoxy groups -OCH3 is 3. The zero-order chi connectivity index (χ0) is 24.0. The lowest BCUT2D eigenvalue weighted by Crippen LogP contribution is -2.36. The highest BCUT2D eigenvalue weighted by Crippen LogP contribution is 2.26. The molecule has 3 rings (SSSR count). The summed E-state index contributed by atoms with van der Waals surface area (Å²) in [6.45, 7) is 0. The number of nitrogens with zero attached hydrogens (tertiary/aromatic N) is 5. The van der Waals surface area contributed by atoms with Crippen LogP contribution in [0.5, 0.6) is 17.5 Å². The normalized spacial score (nSPS) is 10.8. The van der Waals surface area contributed by atoms with Crippen molar-refractivity contribution in [3.05, 3.63) is 36.7 Å². The van der Waals surface area contributed by atoms with Gasteiger partial charge in [0, 0.05) is 6.20 Å². The number of hydrogen-bond donors (Lipinski definition) is 2. The zero-order valence-corrected chi connectivity index (χ0v) is 18.2.